The molecule has 0 heterocycles. The highest BCUT2D eigenvalue weighted by Crippen LogP contribution is 2.31. The van der Waals surface area contributed by atoms with E-state index >= 15 is 0 Å². The van der Waals surface area contributed by atoms with Crippen LogP contribution in [0.15, 0.2) is 71.6 Å². The number of rotatable bonds is 13. The number of nitrogens with one attached hydrogen (secondary N) is 1. The van der Waals surface area contributed by atoms with E-state index in [4.69, 9.17) is 11.6 Å². The molecule has 0 saturated heterocycles. The minimum absolute atomic E-state index is 0.00817. The van der Waals surface area contributed by atoms with E-state index < -0.39 is 34.3 Å². The maximum atomic E-state index is 14.1. The first-order valence-electron chi connectivity index (χ1n) is 13.7. The van der Waals surface area contributed by atoms with Crippen LogP contribution in [-0.4, -0.2) is 44.3 Å². The second kappa shape index (κ2) is 14.5. The van der Waals surface area contributed by atoms with Gasteiger partial charge in [-0.05, 0) is 74.2 Å². The van der Waals surface area contributed by atoms with Crippen molar-refractivity contribution < 1.29 is 22.4 Å². The van der Waals surface area contributed by atoms with Crippen LogP contribution in [0.3, 0.4) is 0 Å². The van der Waals surface area contributed by atoms with E-state index in [1.165, 1.54) is 29.2 Å². The average Bonchev–Trinajstić information content (AvgIpc) is 2.94. The Kier molecular flexibility index (Phi) is 11.3. The van der Waals surface area contributed by atoms with Gasteiger partial charge in [0.25, 0.3) is 10.0 Å². The Morgan fingerprint density at radius 2 is 1.63 bits per heavy atom. The van der Waals surface area contributed by atoms with Crippen molar-refractivity contribution in [1.29, 1.82) is 0 Å². The number of hydrogen-bond acceptors (Lipinski definition) is 4. The first kappa shape index (κ1) is 32.1. The zero-order valence-electron chi connectivity index (χ0n) is 23.9. The number of anilines is 1. The number of aryl methyl sites for hydroxylation is 1. The molecule has 0 aliphatic heterocycles. The number of hydrogen-bond donors (Lipinski definition) is 1. The molecule has 0 bridgehead atoms. The van der Waals surface area contributed by atoms with Crippen molar-refractivity contribution >= 4 is 39.1 Å². The van der Waals surface area contributed by atoms with Gasteiger partial charge in [-0.15, -0.1) is 0 Å². The van der Waals surface area contributed by atoms with Crippen LogP contribution < -0.4 is 9.62 Å². The molecule has 2 amide bonds. The molecule has 0 saturated carbocycles. The van der Waals surface area contributed by atoms with Crippen LogP contribution in [-0.2, 0) is 26.2 Å². The third-order valence-electron chi connectivity index (χ3n) is 6.88. The molecule has 1 N–H and O–H groups in total. The van der Waals surface area contributed by atoms with Crippen LogP contribution in [0.2, 0.25) is 5.02 Å². The van der Waals surface area contributed by atoms with Crippen LogP contribution in [0.5, 0.6) is 0 Å². The smallest absolute Gasteiger partial charge is 0.264 e. The molecule has 0 radical (unpaired) electrons. The van der Waals surface area contributed by atoms with E-state index in [1.54, 1.807) is 56.3 Å². The summed E-state index contributed by atoms with van der Waals surface area (Å²) in [4.78, 5) is 28.7. The van der Waals surface area contributed by atoms with E-state index in [9.17, 15) is 22.4 Å². The SMILES string of the molecule is CCCCNC(=O)C(CC)N(Cc1ccc(F)cc1)C(=O)CN(c1cccc(Cl)c1C)S(=O)(=O)c1ccc(C)cc1. The van der Waals surface area contributed by atoms with E-state index in [-0.39, 0.29) is 23.0 Å². The first-order valence-corrected chi connectivity index (χ1v) is 15.5. The predicted molar refractivity (Wildman–Crippen MR) is 161 cm³/mol. The van der Waals surface area contributed by atoms with Gasteiger partial charge in [0.05, 0.1) is 10.6 Å². The third kappa shape index (κ3) is 8.07. The molecule has 0 aliphatic carbocycles. The Bertz CT molecular complexity index is 1450. The minimum atomic E-state index is -4.21. The fraction of sp³-hybridized carbons (Fsp3) is 0.355. The summed E-state index contributed by atoms with van der Waals surface area (Å²) in [5.41, 5.74) is 2.24. The zero-order valence-corrected chi connectivity index (χ0v) is 25.4. The molecule has 3 aromatic carbocycles. The van der Waals surface area contributed by atoms with E-state index in [2.05, 4.69) is 5.32 Å². The van der Waals surface area contributed by atoms with Gasteiger partial charge in [-0.3, -0.25) is 13.9 Å². The number of carbonyl (C=O) groups excluding carboxylic acids is 2. The molecule has 41 heavy (non-hydrogen) atoms. The largest absolute Gasteiger partial charge is 0.354 e. The van der Waals surface area contributed by atoms with Crippen molar-refractivity contribution in [2.45, 2.75) is 64.4 Å². The van der Waals surface area contributed by atoms with Gasteiger partial charge in [-0.1, -0.05) is 67.8 Å². The molecule has 0 spiro atoms. The fourth-order valence-electron chi connectivity index (χ4n) is 4.43. The molecule has 0 fully saturated rings. The van der Waals surface area contributed by atoms with Crippen molar-refractivity contribution in [3.05, 3.63) is 94.3 Å². The second-order valence-electron chi connectivity index (χ2n) is 9.93. The summed E-state index contributed by atoms with van der Waals surface area (Å²) in [7, 11) is -4.21. The van der Waals surface area contributed by atoms with E-state index in [1.807, 2.05) is 13.8 Å². The lowest BCUT2D eigenvalue weighted by Crippen LogP contribution is -2.52. The molecular weight excluding hydrogens is 565 g/mol. The quantitative estimate of drug-likeness (QED) is 0.243. The summed E-state index contributed by atoms with van der Waals surface area (Å²) < 4.78 is 42.7. The van der Waals surface area contributed by atoms with Crippen molar-refractivity contribution in [1.82, 2.24) is 10.2 Å². The molecule has 10 heteroatoms. The Hall–Kier alpha value is -3.43. The van der Waals surface area contributed by atoms with Gasteiger partial charge in [0.15, 0.2) is 0 Å². The van der Waals surface area contributed by atoms with Gasteiger partial charge in [0, 0.05) is 18.1 Å². The maximum Gasteiger partial charge on any atom is 0.264 e. The molecule has 0 aliphatic rings. The summed E-state index contributed by atoms with van der Waals surface area (Å²) in [5, 5.41) is 3.24. The Balaban J connectivity index is 2.07. The highest BCUT2D eigenvalue weighted by Gasteiger charge is 2.34. The summed E-state index contributed by atoms with van der Waals surface area (Å²) in [6.07, 6.45) is 1.97. The Labute approximate surface area is 247 Å². The van der Waals surface area contributed by atoms with Crippen molar-refractivity contribution in [2.75, 3.05) is 17.4 Å². The third-order valence-corrected chi connectivity index (χ3v) is 9.06. The molecule has 220 valence electrons. The number of halogens is 2. The molecule has 0 aromatic heterocycles. The first-order chi connectivity index (χ1) is 19.5. The molecular formula is C31H37ClFN3O4S. The van der Waals surface area contributed by atoms with Gasteiger partial charge < -0.3 is 10.2 Å². The summed E-state index contributed by atoms with van der Waals surface area (Å²) in [6.45, 7) is 7.21. The lowest BCUT2D eigenvalue weighted by atomic mass is 10.1. The van der Waals surface area contributed by atoms with Gasteiger partial charge in [0.1, 0.15) is 18.4 Å². The maximum absolute atomic E-state index is 14.1. The van der Waals surface area contributed by atoms with Crippen LogP contribution in [0.25, 0.3) is 0 Å². The number of carbonyl (C=O) groups is 2. The van der Waals surface area contributed by atoms with Crippen LogP contribution in [0, 0.1) is 19.7 Å². The minimum Gasteiger partial charge on any atom is -0.354 e. The number of nitrogens with zero attached hydrogens (tertiary/aromatic N) is 2. The summed E-state index contributed by atoms with van der Waals surface area (Å²) >= 11 is 6.37. The number of amides is 2. The van der Waals surface area contributed by atoms with Crippen molar-refractivity contribution in [3.8, 4) is 0 Å². The highest BCUT2D eigenvalue weighted by atomic mass is 35.5. The average molecular weight is 602 g/mol. The molecule has 3 aromatic rings. The molecule has 3 rings (SSSR count). The fourth-order valence-corrected chi connectivity index (χ4v) is 6.07. The van der Waals surface area contributed by atoms with Gasteiger partial charge in [-0.2, -0.15) is 0 Å². The summed E-state index contributed by atoms with van der Waals surface area (Å²) in [6, 6.07) is 16.0. The molecule has 1 atom stereocenters. The van der Waals surface area contributed by atoms with E-state index in [0.717, 1.165) is 22.7 Å². The molecule has 1 unspecified atom stereocenters. The topological polar surface area (TPSA) is 86.8 Å². The van der Waals surface area contributed by atoms with Crippen molar-refractivity contribution in [2.24, 2.45) is 0 Å². The van der Waals surface area contributed by atoms with Crippen LogP contribution in [0.4, 0.5) is 10.1 Å². The van der Waals surface area contributed by atoms with Crippen LogP contribution >= 0.6 is 11.6 Å². The van der Waals surface area contributed by atoms with Gasteiger partial charge in [-0.25, -0.2) is 12.8 Å². The second-order valence-corrected chi connectivity index (χ2v) is 12.2. The normalized spacial score (nSPS) is 12.0. The predicted octanol–water partition coefficient (Wildman–Crippen LogP) is 6.01. The van der Waals surface area contributed by atoms with Gasteiger partial charge in [0.2, 0.25) is 11.8 Å². The van der Waals surface area contributed by atoms with Crippen molar-refractivity contribution in [3.63, 3.8) is 0 Å². The molecule has 7 nitrogen and oxygen atoms in total. The highest BCUT2D eigenvalue weighted by molar-refractivity contribution is 7.92. The monoisotopic (exact) mass is 601 g/mol. The van der Waals surface area contributed by atoms with Gasteiger partial charge >= 0.3 is 0 Å². The number of benzene rings is 3. The summed E-state index contributed by atoms with van der Waals surface area (Å²) in [5.74, 6) is -1.34. The lowest BCUT2D eigenvalue weighted by molar-refractivity contribution is -0.140. The number of unbranched alkanes of at least 4 members (excludes halogenated alkanes) is 1. The lowest BCUT2D eigenvalue weighted by Gasteiger charge is -2.33. The zero-order chi connectivity index (χ0) is 30.2. The number of sulfonamides is 1. The van der Waals surface area contributed by atoms with Crippen LogP contribution in [0.1, 0.15) is 49.8 Å². The standard InChI is InChI=1S/C31H37ClFN3O4S/c1-5-7-19-34-31(38)28(6-2)35(20-24-13-15-25(33)16-14-24)30(37)21-36(29-10-8-9-27(32)23(29)4)41(39,40)26-17-11-22(3)12-18-26/h8-18,28H,5-7,19-21H2,1-4H3,(H,34,38). The van der Waals surface area contributed by atoms with E-state index in [0.29, 0.717) is 29.1 Å². The Morgan fingerprint density at radius 3 is 2.24 bits per heavy atom. The Morgan fingerprint density at radius 1 is 0.976 bits per heavy atom.